The summed E-state index contributed by atoms with van der Waals surface area (Å²) in [5, 5.41) is 1.93. The van der Waals surface area contributed by atoms with E-state index in [0.717, 1.165) is 30.8 Å². The lowest BCUT2D eigenvalue weighted by molar-refractivity contribution is 0.0786. The van der Waals surface area contributed by atoms with Gasteiger partial charge in [0.15, 0.2) is 0 Å². The molecule has 0 bridgehead atoms. The standard InChI is InChI=1S/C13H13N3O2S/c17-12(16-5-1-2-6-16)10-8-9(14-13(18)15-10)11-4-3-7-19-11/h3-4,7-8H,1-2,5-6H2,(H,14,15,18). The first-order valence-electron chi connectivity index (χ1n) is 6.18. The van der Waals surface area contributed by atoms with Crippen molar-refractivity contribution >= 4 is 17.2 Å². The average molecular weight is 275 g/mol. The summed E-state index contributed by atoms with van der Waals surface area (Å²) >= 11 is 1.51. The molecule has 2 aromatic heterocycles. The molecular formula is C13H13N3O2S. The molecule has 0 atom stereocenters. The molecule has 98 valence electrons. The topological polar surface area (TPSA) is 66.1 Å². The van der Waals surface area contributed by atoms with Gasteiger partial charge in [-0.25, -0.2) is 4.79 Å². The van der Waals surface area contributed by atoms with E-state index in [1.807, 2.05) is 17.5 Å². The molecule has 0 aliphatic carbocycles. The molecule has 0 radical (unpaired) electrons. The van der Waals surface area contributed by atoms with Gasteiger partial charge >= 0.3 is 5.69 Å². The lowest BCUT2D eigenvalue weighted by atomic mass is 10.2. The average Bonchev–Trinajstić information content (AvgIpc) is 3.10. The fraction of sp³-hybridized carbons (Fsp3) is 0.308. The van der Waals surface area contributed by atoms with Crippen LogP contribution in [0.1, 0.15) is 23.3 Å². The number of likely N-dealkylation sites (tertiary alicyclic amines) is 1. The van der Waals surface area contributed by atoms with Gasteiger partial charge in [0, 0.05) is 13.1 Å². The van der Waals surface area contributed by atoms with E-state index in [4.69, 9.17) is 0 Å². The molecule has 1 fully saturated rings. The summed E-state index contributed by atoms with van der Waals surface area (Å²) in [6.07, 6.45) is 2.04. The van der Waals surface area contributed by atoms with Gasteiger partial charge < -0.3 is 9.88 Å². The Morgan fingerprint density at radius 3 is 2.84 bits per heavy atom. The first-order valence-corrected chi connectivity index (χ1v) is 7.06. The summed E-state index contributed by atoms with van der Waals surface area (Å²) in [7, 11) is 0. The van der Waals surface area contributed by atoms with Gasteiger partial charge in [-0.05, 0) is 30.4 Å². The van der Waals surface area contributed by atoms with Gasteiger partial charge in [-0.2, -0.15) is 4.98 Å². The number of rotatable bonds is 2. The van der Waals surface area contributed by atoms with Crippen LogP contribution in [0.25, 0.3) is 10.6 Å². The van der Waals surface area contributed by atoms with Crippen LogP contribution >= 0.6 is 11.3 Å². The Bertz CT molecular complexity index is 642. The number of amides is 1. The van der Waals surface area contributed by atoms with Gasteiger partial charge in [0.2, 0.25) is 0 Å². The van der Waals surface area contributed by atoms with Crippen molar-refractivity contribution in [1.29, 1.82) is 0 Å². The van der Waals surface area contributed by atoms with Crippen LogP contribution in [0, 0.1) is 0 Å². The smallest absolute Gasteiger partial charge is 0.337 e. The van der Waals surface area contributed by atoms with Crippen molar-refractivity contribution < 1.29 is 4.79 Å². The van der Waals surface area contributed by atoms with Crippen LogP contribution in [0.15, 0.2) is 28.4 Å². The van der Waals surface area contributed by atoms with Crippen LogP contribution in [0.3, 0.4) is 0 Å². The highest BCUT2D eigenvalue weighted by molar-refractivity contribution is 7.13. The van der Waals surface area contributed by atoms with Gasteiger partial charge in [0.05, 0.1) is 10.6 Å². The third-order valence-electron chi connectivity index (χ3n) is 3.14. The second kappa shape index (κ2) is 4.97. The Morgan fingerprint density at radius 1 is 1.37 bits per heavy atom. The highest BCUT2D eigenvalue weighted by Crippen LogP contribution is 2.22. The van der Waals surface area contributed by atoms with E-state index in [0.29, 0.717) is 5.69 Å². The van der Waals surface area contributed by atoms with E-state index >= 15 is 0 Å². The van der Waals surface area contributed by atoms with E-state index in [2.05, 4.69) is 9.97 Å². The van der Waals surface area contributed by atoms with Crippen molar-refractivity contribution in [2.45, 2.75) is 12.8 Å². The van der Waals surface area contributed by atoms with E-state index in [1.165, 1.54) is 11.3 Å². The van der Waals surface area contributed by atoms with Crippen LogP contribution in [0.5, 0.6) is 0 Å². The first-order chi connectivity index (χ1) is 9.24. The van der Waals surface area contributed by atoms with Crippen LogP contribution in [-0.4, -0.2) is 33.9 Å². The zero-order chi connectivity index (χ0) is 13.2. The maximum Gasteiger partial charge on any atom is 0.346 e. The maximum absolute atomic E-state index is 12.2. The van der Waals surface area contributed by atoms with Crippen LogP contribution in [0.2, 0.25) is 0 Å². The normalized spacial score (nSPS) is 14.8. The van der Waals surface area contributed by atoms with E-state index in [-0.39, 0.29) is 11.6 Å². The second-order valence-electron chi connectivity index (χ2n) is 4.46. The maximum atomic E-state index is 12.2. The molecular weight excluding hydrogens is 262 g/mol. The Hall–Kier alpha value is -1.95. The number of carbonyl (C=O) groups is 1. The number of carbonyl (C=O) groups excluding carboxylic acids is 1. The van der Waals surface area contributed by atoms with Crippen molar-refractivity contribution in [2.24, 2.45) is 0 Å². The van der Waals surface area contributed by atoms with Crippen molar-refractivity contribution in [3.05, 3.63) is 39.8 Å². The number of nitrogens with one attached hydrogen (secondary N) is 1. The molecule has 0 spiro atoms. The largest absolute Gasteiger partial charge is 0.346 e. The van der Waals surface area contributed by atoms with Gasteiger partial charge in [-0.3, -0.25) is 4.79 Å². The van der Waals surface area contributed by atoms with Crippen molar-refractivity contribution in [3.63, 3.8) is 0 Å². The fourth-order valence-electron chi connectivity index (χ4n) is 2.21. The molecule has 0 saturated carbocycles. The molecule has 1 N–H and O–H groups in total. The summed E-state index contributed by atoms with van der Waals surface area (Å²) in [4.78, 5) is 33.0. The summed E-state index contributed by atoms with van der Waals surface area (Å²) in [5.41, 5.74) is 0.403. The number of thiophene rings is 1. The summed E-state index contributed by atoms with van der Waals surface area (Å²) < 4.78 is 0. The Morgan fingerprint density at radius 2 is 2.16 bits per heavy atom. The monoisotopic (exact) mass is 275 g/mol. The molecule has 1 amide bonds. The quantitative estimate of drug-likeness (QED) is 0.907. The zero-order valence-corrected chi connectivity index (χ0v) is 11.1. The molecule has 1 aliphatic rings. The summed E-state index contributed by atoms with van der Waals surface area (Å²) in [6.45, 7) is 1.50. The second-order valence-corrected chi connectivity index (χ2v) is 5.41. The summed E-state index contributed by atoms with van der Waals surface area (Å²) in [5.74, 6) is -0.151. The van der Waals surface area contributed by atoms with Gasteiger partial charge in [-0.1, -0.05) is 6.07 Å². The Kier molecular flexibility index (Phi) is 3.16. The van der Waals surface area contributed by atoms with Crippen LogP contribution in [-0.2, 0) is 0 Å². The molecule has 1 saturated heterocycles. The number of aromatic amines is 1. The van der Waals surface area contributed by atoms with Crippen molar-refractivity contribution in [2.75, 3.05) is 13.1 Å². The fourth-order valence-corrected chi connectivity index (χ4v) is 2.91. The number of H-pyrrole nitrogens is 1. The van der Waals surface area contributed by atoms with E-state index in [9.17, 15) is 9.59 Å². The lowest BCUT2D eigenvalue weighted by Crippen LogP contribution is -2.30. The zero-order valence-electron chi connectivity index (χ0n) is 10.3. The third kappa shape index (κ3) is 2.44. The predicted molar refractivity (Wildman–Crippen MR) is 73.3 cm³/mol. The molecule has 6 heteroatoms. The minimum atomic E-state index is -0.478. The molecule has 19 heavy (non-hydrogen) atoms. The first kappa shape index (κ1) is 12.1. The highest BCUT2D eigenvalue weighted by atomic mass is 32.1. The predicted octanol–water partition coefficient (Wildman–Crippen LogP) is 1.73. The number of hydrogen-bond donors (Lipinski definition) is 1. The molecule has 0 unspecified atom stereocenters. The molecule has 2 aromatic rings. The van der Waals surface area contributed by atoms with Crippen molar-refractivity contribution in [1.82, 2.24) is 14.9 Å². The molecule has 1 aliphatic heterocycles. The van der Waals surface area contributed by atoms with Gasteiger partial charge in [-0.15, -0.1) is 11.3 Å². The SMILES string of the molecule is O=C(c1cc(-c2cccs2)[nH]c(=O)n1)N1CCCC1. The molecule has 3 heterocycles. The molecule has 5 nitrogen and oxygen atoms in total. The van der Waals surface area contributed by atoms with Crippen molar-refractivity contribution in [3.8, 4) is 10.6 Å². The number of nitrogens with zero attached hydrogens (tertiary/aromatic N) is 2. The number of aromatic nitrogens is 2. The lowest BCUT2D eigenvalue weighted by Gasteiger charge is -2.14. The van der Waals surface area contributed by atoms with Crippen LogP contribution in [0.4, 0.5) is 0 Å². The third-order valence-corrected chi connectivity index (χ3v) is 4.05. The Balaban J connectivity index is 1.98. The minimum Gasteiger partial charge on any atom is -0.337 e. The molecule has 3 rings (SSSR count). The number of hydrogen-bond acceptors (Lipinski definition) is 4. The summed E-state index contributed by atoms with van der Waals surface area (Å²) in [6, 6.07) is 5.47. The van der Waals surface area contributed by atoms with Gasteiger partial charge in [0.1, 0.15) is 5.69 Å². The Labute approximate surface area is 113 Å². The molecule has 0 aromatic carbocycles. The highest BCUT2D eigenvalue weighted by Gasteiger charge is 2.21. The van der Waals surface area contributed by atoms with E-state index < -0.39 is 5.69 Å². The minimum absolute atomic E-state index is 0.151. The van der Waals surface area contributed by atoms with Gasteiger partial charge in [0.25, 0.3) is 5.91 Å². The van der Waals surface area contributed by atoms with E-state index in [1.54, 1.807) is 11.0 Å². The van der Waals surface area contributed by atoms with Crippen LogP contribution < -0.4 is 5.69 Å².